The molecule has 3 unspecified atom stereocenters. The summed E-state index contributed by atoms with van der Waals surface area (Å²) < 4.78 is 7.23. The Labute approximate surface area is 221 Å². The molecule has 2 fully saturated rings. The van der Waals surface area contributed by atoms with E-state index < -0.39 is 0 Å². The summed E-state index contributed by atoms with van der Waals surface area (Å²) in [6.07, 6.45) is 11.0. The topological polar surface area (TPSA) is 64.3 Å². The van der Waals surface area contributed by atoms with Crippen LogP contribution in [0.4, 0.5) is 10.5 Å². The lowest BCUT2D eigenvalue weighted by molar-refractivity contribution is -0.922. The molecule has 4 rings (SSSR count). The van der Waals surface area contributed by atoms with Crippen molar-refractivity contribution in [2.45, 2.75) is 63.9 Å². The van der Waals surface area contributed by atoms with Gasteiger partial charge >= 0.3 is 6.09 Å². The molecule has 3 atom stereocenters. The van der Waals surface area contributed by atoms with Crippen molar-refractivity contribution in [3.63, 3.8) is 0 Å². The van der Waals surface area contributed by atoms with Gasteiger partial charge in [-0.05, 0) is 37.4 Å². The third-order valence-electron chi connectivity index (χ3n) is 7.85. The van der Waals surface area contributed by atoms with Gasteiger partial charge in [-0.25, -0.2) is 4.79 Å². The van der Waals surface area contributed by atoms with E-state index in [0.717, 1.165) is 36.3 Å². The summed E-state index contributed by atoms with van der Waals surface area (Å²) in [6, 6.07) is 18.1. The molecule has 2 bridgehead atoms. The molecule has 0 aliphatic carbocycles. The SMILES string of the molecule is NCCCCCCCCC[N+]12CCC(C1)C(OC(=O)Nc1ccccc1-c1ccccc1)CC2.[Br-]. The fourth-order valence-electron chi connectivity index (χ4n) is 5.95. The lowest BCUT2D eigenvalue weighted by Crippen LogP contribution is -3.00. The first kappa shape index (κ1) is 27.7. The van der Waals surface area contributed by atoms with Crippen LogP contribution in [0.3, 0.4) is 0 Å². The third-order valence-corrected chi connectivity index (χ3v) is 7.85. The van der Waals surface area contributed by atoms with Crippen molar-refractivity contribution in [3.8, 4) is 11.1 Å². The van der Waals surface area contributed by atoms with Crippen LogP contribution in [0.1, 0.15) is 57.8 Å². The number of hydrogen-bond donors (Lipinski definition) is 2. The first-order valence-electron chi connectivity index (χ1n) is 13.4. The van der Waals surface area contributed by atoms with Crippen molar-refractivity contribution in [3.05, 3.63) is 54.6 Å². The highest BCUT2D eigenvalue weighted by atomic mass is 79.9. The standard InChI is InChI=1S/C29H41N3O2.BrH/c30-19-11-4-2-1-3-5-12-20-32-21-17-25(23-32)28(18-22-32)34-29(33)31-27-16-10-9-15-26(27)24-13-7-6-8-14-24;/h6-10,13-16,25,28H,1-5,11-12,17-23,30H2;1H. The number of para-hydroxylation sites is 1. The molecule has 1 amide bonds. The Morgan fingerprint density at radius 1 is 0.886 bits per heavy atom. The number of piperidine rings is 1. The molecule has 6 heteroatoms. The Hall–Kier alpha value is -1.89. The minimum Gasteiger partial charge on any atom is -1.00 e. The van der Waals surface area contributed by atoms with E-state index in [1.165, 1.54) is 75.5 Å². The van der Waals surface area contributed by atoms with Crippen LogP contribution in [0.15, 0.2) is 54.6 Å². The number of nitrogens with one attached hydrogen (secondary N) is 1. The van der Waals surface area contributed by atoms with E-state index in [-0.39, 0.29) is 29.2 Å². The number of nitrogens with zero attached hydrogens (tertiary/aromatic N) is 1. The zero-order valence-electron chi connectivity index (χ0n) is 21.0. The van der Waals surface area contributed by atoms with Crippen LogP contribution in [-0.4, -0.2) is 49.4 Å². The van der Waals surface area contributed by atoms with Gasteiger partial charge in [-0.15, -0.1) is 0 Å². The van der Waals surface area contributed by atoms with Crippen molar-refractivity contribution in [1.82, 2.24) is 0 Å². The zero-order valence-corrected chi connectivity index (χ0v) is 22.6. The van der Waals surface area contributed by atoms with Gasteiger partial charge in [0, 0.05) is 18.4 Å². The van der Waals surface area contributed by atoms with Crippen LogP contribution in [0.5, 0.6) is 0 Å². The van der Waals surface area contributed by atoms with Gasteiger partial charge in [0.15, 0.2) is 0 Å². The normalized spacial score (nSPS) is 22.9. The molecule has 0 radical (unpaired) electrons. The Morgan fingerprint density at radius 3 is 2.31 bits per heavy atom. The molecule has 2 aliphatic heterocycles. The van der Waals surface area contributed by atoms with Crippen molar-refractivity contribution in [2.24, 2.45) is 11.7 Å². The molecular formula is C29H42BrN3O2. The maximum Gasteiger partial charge on any atom is 0.411 e. The third kappa shape index (κ3) is 7.80. The molecule has 192 valence electrons. The molecule has 35 heavy (non-hydrogen) atoms. The maximum absolute atomic E-state index is 12.8. The number of anilines is 1. The molecule has 2 aromatic rings. The first-order chi connectivity index (χ1) is 16.7. The molecular weight excluding hydrogens is 502 g/mol. The van der Waals surface area contributed by atoms with Crippen LogP contribution in [0.25, 0.3) is 11.1 Å². The van der Waals surface area contributed by atoms with Crippen LogP contribution in [-0.2, 0) is 4.74 Å². The smallest absolute Gasteiger partial charge is 0.411 e. The average Bonchev–Trinajstić information content (AvgIpc) is 3.21. The number of hydrogen-bond acceptors (Lipinski definition) is 3. The van der Waals surface area contributed by atoms with Crippen molar-refractivity contribution in [1.29, 1.82) is 0 Å². The average molecular weight is 545 g/mol. The van der Waals surface area contributed by atoms with E-state index in [1.54, 1.807) is 0 Å². The number of carbonyl (C=O) groups excluding carboxylic acids is 1. The van der Waals surface area contributed by atoms with E-state index in [9.17, 15) is 4.79 Å². The van der Waals surface area contributed by atoms with Crippen molar-refractivity contribution in [2.75, 3.05) is 38.0 Å². The second kappa shape index (κ2) is 14.0. The number of halogens is 1. The summed E-state index contributed by atoms with van der Waals surface area (Å²) in [5.74, 6) is 0.500. The summed E-state index contributed by atoms with van der Waals surface area (Å²) in [4.78, 5) is 12.8. The lowest BCUT2D eigenvalue weighted by atomic mass is 9.95. The molecule has 2 heterocycles. The van der Waals surface area contributed by atoms with Crippen molar-refractivity contribution < 1.29 is 31.0 Å². The Bertz CT molecular complexity index is 910. The highest BCUT2D eigenvalue weighted by molar-refractivity contribution is 5.91. The van der Waals surface area contributed by atoms with Crippen molar-refractivity contribution >= 4 is 11.8 Å². The van der Waals surface area contributed by atoms with Crippen LogP contribution >= 0.6 is 0 Å². The number of nitrogens with two attached hydrogens (primary N) is 1. The van der Waals surface area contributed by atoms with Gasteiger partial charge in [-0.1, -0.05) is 74.2 Å². The van der Waals surface area contributed by atoms with E-state index in [2.05, 4.69) is 17.4 Å². The molecule has 2 saturated heterocycles. The van der Waals surface area contributed by atoms with Gasteiger partial charge in [-0.2, -0.15) is 0 Å². The van der Waals surface area contributed by atoms with Gasteiger partial charge in [0.1, 0.15) is 6.10 Å². The summed E-state index contributed by atoms with van der Waals surface area (Å²) in [5.41, 5.74) is 8.47. The number of quaternary nitrogens is 1. The predicted molar refractivity (Wildman–Crippen MR) is 140 cm³/mol. The van der Waals surface area contributed by atoms with Crippen LogP contribution < -0.4 is 28.0 Å². The number of ether oxygens (including phenoxy) is 1. The highest BCUT2D eigenvalue weighted by Crippen LogP contribution is 2.36. The molecule has 5 nitrogen and oxygen atoms in total. The van der Waals surface area contributed by atoms with Gasteiger partial charge < -0.3 is 31.9 Å². The number of unbranched alkanes of at least 4 members (excludes halogenated alkanes) is 6. The Kier molecular flexibility index (Phi) is 11.1. The summed E-state index contributed by atoms with van der Waals surface area (Å²) in [6.45, 7) is 5.69. The minimum absolute atomic E-state index is 0. The van der Waals surface area contributed by atoms with Gasteiger partial charge in [0.05, 0.1) is 37.8 Å². The number of carbonyl (C=O) groups is 1. The van der Waals surface area contributed by atoms with Gasteiger partial charge in [-0.3, -0.25) is 5.32 Å². The van der Waals surface area contributed by atoms with E-state index >= 15 is 0 Å². The van der Waals surface area contributed by atoms with Gasteiger partial charge in [0.25, 0.3) is 0 Å². The molecule has 0 saturated carbocycles. The molecule has 3 N–H and O–H groups in total. The largest absolute Gasteiger partial charge is 1.00 e. The molecule has 2 aromatic carbocycles. The molecule has 0 spiro atoms. The quantitative estimate of drug-likeness (QED) is 0.319. The van der Waals surface area contributed by atoms with Gasteiger partial charge in [0.2, 0.25) is 0 Å². The Morgan fingerprint density at radius 2 is 1.54 bits per heavy atom. The predicted octanol–water partition coefficient (Wildman–Crippen LogP) is 3.20. The Balaban J connectivity index is 0.00000342. The second-order valence-corrected chi connectivity index (χ2v) is 10.3. The number of amides is 1. The summed E-state index contributed by atoms with van der Waals surface area (Å²) in [5, 5.41) is 3.02. The minimum atomic E-state index is -0.324. The van der Waals surface area contributed by atoms with E-state index in [0.29, 0.717) is 5.92 Å². The van der Waals surface area contributed by atoms with E-state index in [1.807, 2.05) is 42.5 Å². The number of benzene rings is 2. The van der Waals surface area contributed by atoms with Crippen LogP contribution in [0.2, 0.25) is 0 Å². The van der Waals surface area contributed by atoms with E-state index in [4.69, 9.17) is 10.5 Å². The highest BCUT2D eigenvalue weighted by Gasteiger charge is 2.47. The zero-order chi connectivity index (χ0) is 23.6. The number of fused-ring (bicyclic) bond motifs is 2. The second-order valence-electron chi connectivity index (χ2n) is 10.3. The first-order valence-corrected chi connectivity index (χ1v) is 13.4. The monoisotopic (exact) mass is 543 g/mol. The van der Waals surface area contributed by atoms with Crippen LogP contribution in [0, 0.1) is 5.92 Å². The maximum atomic E-state index is 12.8. The summed E-state index contributed by atoms with van der Waals surface area (Å²) in [7, 11) is 0. The fourth-order valence-corrected chi connectivity index (χ4v) is 5.95. The fraction of sp³-hybridized carbons (Fsp3) is 0.552. The number of rotatable bonds is 12. The molecule has 2 aliphatic rings. The molecule has 0 aromatic heterocycles. The lowest BCUT2D eigenvalue weighted by Gasteiger charge is -2.40. The summed E-state index contributed by atoms with van der Waals surface area (Å²) >= 11 is 0.